The van der Waals surface area contributed by atoms with Crippen molar-refractivity contribution in [1.82, 2.24) is 10.2 Å². The van der Waals surface area contributed by atoms with Gasteiger partial charge in [0.05, 0.1) is 12.5 Å². The maximum Gasteiger partial charge on any atom is 0.308 e. The Morgan fingerprint density at radius 2 is 0.877 bits per heavy atom. The van der Waals surface area contributed by atoms with Crippen LogP contribution in [0.15, 0.2) is 0 Å². The number of esters is 1. The zero-order valence-electron chi connectivity index (χ0n) is 39.4. The average molecular weight is 805 g/mol. The summed E-state index contributed by atoms with van der Waals surface area (Å²) < 4.78 is 5.86. The Morgan fingerprint density at radius 1 is 0.509 bits per heavy atom. The molecular formula is C52H104N2O3. The number of piperazine rings is 1. The molecule has 1 rings (SSSR count). The van der Waals surface area contributed by atoms with E-state index in [0.717, 1.165) is 57.7 Å². The predicted molar refractivity (Wildman–Crippen MR) is 250 cm³/mol. The minimum absolute atomic E-state index is 0.0828. The molecule has 5 heteroatoms. The van der Waals surface area contributed by atoms with E-state index in [4.69, 9.17) is 4.74 Å². The van der Waals surface area contributed by atoms with Crippen LogP contribution in [0, 0.1) is 11.8 Å². The Bertz CT molecular complexity index is 823. The van der Waals surface area contributed by atoms with Crippen molar-refractivity contribution in [2.75, 3.05) is 32.8 Å². The molecule has 1 aliphatic heterocycles. The number of carbonyl (C=O) groups is 1. The first-order chi connectivity index (χ1) is 28.1. The highest BCUT2D eigenvalue weighted by atomic mass is 16.5. The van der Waals surface area contributed by atoms with Gasteiger partial charge >= 0.3 is 5.97 Å². The fourth-order valence-electron chi connectivity index (χ4n) is 9.51. The molecule has 1 heterocycles. The summed E-state index contributed by atoms with van der Waals surface area (Å²) in [6, 6.07) is 1.17. The van der Waals surface area contributed by atoms with Crippen molar-refractivity contribution in [3.05, 3.63) is 0 Å². The predicted octanol–water partition coefficient (Wildman–Crippen LogP) is 15.3. The molecule has 0 aromatic carbocycles. The lowest BCUT2D eigenvalue weighted by Gasteiger charge is -2.39. The van der Waals surface area contributed by atoms with Gasteiger partial charge in [-0.1, -0.05) is 233 Å². The van der Waals surface area contributed by atoms with Crippen molar-refractivity contribution >= 4 is 5.97 Å². The summed E-state index contributed by atoms with van der Waals surface area (Å²) in [5, 5.41) is 13.6. The zero-order chi connectivity index (χ0) is 41.3. The highest BCUT2D eigenvalue weighted by molar-refractivity contribution is 5.72. The van der Waals surface area contributed by atoms with Crippen LogP contribution in [0.2, 0.25) is 0 Å². The summed E-state index contributed by atoms with van der Waals surface area (Å²) in [5.41, 5.74) is 0. The van der Waals surface area contributed by atoms with Crippen molar-refractivity contribution in [2.24, 2.45) is 11.8 Å². The Hall–Kier alpha value is -0.650. The first-order valence-electron chi connectivity index (χ1n) is 26.3. The number of carbonyl (C=O) groups excluding carboxylic acids is 1. The maximum absolute atomic E-state index is 13.0. The molecule has 2 N–H and O–H groups in total. The van der Waals surface area contributed by atoms with Crippen LogP contribution in [0.25, 0.3) is 0 Å². The Labute approximate surface area is 358 Å². The van der Waals surface area contributed by atoms with Crippen molar-refractivity contribution in [2.45, 2.75) is 284 Å². The lowest BCUT2D eigenvalue weighted by molar-refractivity contribution is -0.149. The van der Waals surface area contributed by atoms with Gasteiger partial charge in [0, 0.05) is 38.3 Å². The van der Waals surface area contributed by atoms with Gasteiger partial charge in [-0.15, -0.1) is 0 Å². The van der Waals surface area contributed by atoms with E-state index in [0.29, 0.717) is 25.3 Å². The summed E-state index contributed by atoms with van der Waals surface area (Å²) in [4.78, 5) is 15.6. The van der Waals surface area contributed by atoms with E-state index < -0.39 is 0 Å². The number of aliphatic hydroxyl groups is 1. The topological polar surface area (TPSA) is 61.8 Å². The van der Waals surface area contributed by atoms with Gasteiger partial charge in [0.2, 0.25) is 0 Å². The normalized spacial score (nSPS) is 17.3. The number of unbranched alkanes of at least 4 members (excludes halogenated alkanes) is 24. The number of nitrogens with one attached hydrogen (secondary N) is 1. The van der Waals surface area contributed by atoms with Crippen LogP contribution in [0.3, 0.4) is 0 Å². The number of hydrogen-bond acceptors (Lipinski definition) is 5. The minimum Gasteiger partial charge on any atom is -0.465 e. The molecular weight excluding hydrogens is 701 g/mol. The summed E-state index contributed by atoms with van der Waals surface area (Å²) in [5.74, 6) is 1.18. The SMILES string of the molecule is CCCCCCCCC(CCCCCC)CCCCCCCC1CN(CCCO)CC(CCCCCCCOC(=O)C(CCCCCC)CCCCCCCC)N1. The molecule has 5 nitrogen and oxygen atoms in total. The van der Waals surface area contributed by atoms with E-state index in [2.05, 4.69) is 37.9 Å². The molecule has 4 unspecified atom stereocenters. The zero-order valence-corrected chi connectivity index (χ0v) is 39.4. The summed E-state index contributed by atoms with van der Waals surface area (Å²) in [6.45, 7) is 13.4. The molecule has 1 fully saturated rings. The van der Waals surface area contributed by atoms with Crippen LogP contribution in [0.1, 0.15) is 272 Å². The van der Waals surface area contributed by atoms with E-state index in [9.17, 15) is 9.90 Å². The van der Waals surface area contributed by atoms with Gasteiger partial charge in [-0.2, -0.15) is 0 Å². The van der Waals surface area contributed by atoms with E-state index >= 15 is 0 Å². The molecule has 0 amide bonds. The first kappa shape index (κ1) is 54.4. The molecule has 0 aliphatic carbocycles. The van der Waals surface area contributed by atoms with Gasteiger partial charge in [0.25, 0.3) is 0 Å². The average Bonchev–Trinajstić information content (AvgIpc) is 3.22. The lowest BCUT2D eigenvalue weighted by Crippen LogP contribution is -2.56. The second-order valence-corrected chi connectivity index (χ2v) is 18.8. The third-order valence-electron chi connectivity index (χ3n) is 13.2. The van der Waals surface area contributed by atoms with Crippen LogP contribution >= 0.6 is 0 Å². The standard InChI is InChI=1S/C52H104N2O3/c1-5-9-13-17-21-28-37-48(36-27-15-11-7-3)38-29-22-19-24-32-41-50-46-54(43-35-44-55)47-51(53-50)42-33-25-20-26-34-45-57-52(56)49(39-30-16-12-8-4)40-31-23-18-14-10-6-2/h48-51,53,55H,5-47H2,1-4H3. The molecule has 0 bridgehead atoms. The number of hydrogen-bond donors (Lipinski definition) is 2. The number of ether oxygens (including phenoxy) is 1. The van der Waals surface area contributed by atoms with Crippen LogP contribution in [-0.2, 0) is 9.53 Å². The number of aliphatic hydroxyl groups excluding tert-OH is 1. The fourth-order valence-corrected chi connectivity index (χ4v) is 9.51. The Morgan fingerprint density at radius 3 is 1.32 bits per heavy atom. The number of nitrogens with zero attached hydrogens (tertiary/aromatic N) is 1. The lowest BCUT2D eigenvalue weighted by atomic mass is 9.89. The monoisotopic (exact) mass is 805 g/mol. The van der Waals surface area contributed by atoms with Crippen LogP contribution in [0.4, 0.5) is 0 Å². The summed E-state index contributed by atoms with van der Waals surface area (Å²) in [7, 11) is 0. The second-order valence-electron chi connectivity index (χ2n) is 18.8. The molecule has 0 aromatic rings. The molecule has 57 heavy (non-hydrogen) atoms. The third kappa shape index (κ3) is 33.7. The van der Waals surface area contributed by atoms with Crippen LogP contribution < -0.4 is 5.32 Å². The van der Waals surface area contributed by atoms with E-state index in [1.165, 1.54) is 212 Å². The smallest absolute Gasteiger partial charge is 0.308 e. The molecule has 0 radical (unpaired) electrons. The van der Waals surface area contributed by atoms with Crippen molar-refractivity contribution in [3.63, 3.8) is 0 Å². The van der Waals surface area contributed by atoms with Gasteiger partial charge in [-0.3, -0.25) is 4.79 Å². The van der Waals surface area contributed by atoms with Crippen LogP contribution in [0.5, 0.6) is 0 Å². The van der Waals surface area contributed by atoms with Gasteiger partial charge in [0.1, 0.15) is 0 Å². The molecule has 0 spiro atoms. The van der Waals surface area contributed by atoms with Crippen molar-refractivity contribution in [1.29, 1.82) is 0 Å². The summed E-state index contributed by atoms with van der Waals surface area (Å²) in [6.07, 6.45) is 49.7. The van der Waals surface area contributed by atoms with E-state index in [1.807, 2.05) is 0 Å². The van der Waals surface area contributed by atoms with Crippen molar-refractivity contribution < 1.29 is 14.6 Å². The highest BCUT2D eigenvalue weighted by Crippen LogP contribution is 2.25. The molecule has 0 aromatic heterocycles. The fraction of sp³-hybridized carbons (Fsp3) is 0.981. The van der Waals surface area contributed by atoms with Crippen molar-refractivity contribution in [3.8, 4) is 0 Å². The Balaban J connectivity index is 2.30. The van der Waals surface area contributed by atoms with Gasteiger partial charge in [0.15, 0.2) is 0 Å². The third-order valence-corrected chi connectivity index (χ3v) is 13.2. The van der Waals surface area contributed by atoms with E-state index in [-0.39, 0.29) is 11.9 Å². The second kappa shape index (κ2) is 42.1. The van der Waals surface area contributed by atoms with Gasteiger partial charge in [-0.05, 0) is 44.4 Å². The van der Waals surface area contributed by atoms with E-state index in [1.54, 1.807) is 0 Å². The van der Waals surface area contributed by atoms with Crippen LogP contribution in [-0.4, -0.2) is 60.9 Å². The largest absolute Gasteiger partial charge is 0.465 e. The summed E-state index contributed by atoms with van der Waals surface area (Å²) >= 11 is 0. The minimum atomic E-state index is 0.0828. The molecule has 4 atom stereocenters. The first-order valence-corrected chi connectivity index (χ1v) is 26.3. The Kier molecular flexibility index (Phi) is 40.1. The molecule has 0 saturated carbocycles. The molecule has 1 aliphatic rings. The molecule has 340 valence electrons. The van der Waals surface area contributed by atoms with Gasteiger partial charge < -0.3 is 20.1 Å². The van der Waals surface area contributed by atoms with Gasteiger partial charge in [-0.25, -0.2) is 0 Å². The maximum atomic E-state index is 13.0. The molecule has 1 saturated heterocycles. The highest BCUT2D eigenvalue weighted by Gasteiger charge is 2.25. The number of rotatable bonds is 44. The quantitative estimate of drug-likeness (QED) is 0.0474.